The number of ketones is 1. The fourth-order valence-corrected chi connectivity index (χ4v) is 5.56. The third kappa shape index (κ3) is 3.31. The number of hydrogen-bond acceptors (Lipinski definition) is 5. The second kappa shape index (κ2) is 7.95. The Bertz CT molecular complexity index is 1070. The van der Waals surface area contributed by atoms with Crippen LogP contribution < -0.4 is 0 Å². The molecule has 3 rings (SSSR count). The van der Waals surface area contributed by atoms with Crippen molar-refractivity contribution in [2.75, 3.05) is 0 Å². The Morgan fingerprint density at radius 3 is 2.03 bits per heavy atom. The van der Waals surface area contributed by atoms with E-state index in [9.17, 15) is 43.1 Å². The molecule has 0 aromatic heterocycles. The van der Waals surface area contributed by atoms with Crippen molar-refractivity contribution in [1.82, 2.24) is 0 Å². The average molecular weight is 465 g/mol. The van der Waals surface area contributed by atoms with Crippen molar-refractivity contribution in [3.8, 4) is 0 Å². The standard InChI is InChI=1S/C23H22F3NO6/c1-3-20(15-9-11-17(12-10-15)23(24,25)26)18(27(32)33)22(31,16-7-5-4-6-8-16)13-21(20,14(2)28)19(29)30/h4-12,18,31H,3,13H2,1-2H3,(H,29,30)/t18-,20-,21+,22-/m0/s1. The number of carboxylic acids is 1. The molecule has 4 atom stereocenters. The molecule has 33 heavy (non-hydrogen) atoms. The Hall–Kier alpha value is -3.27. The van der Waals surface area contributed by atoms with Crippen molar-refractivity contribution in [2.45, 2.75) is 49.9 Å². The minimum atomic E-state index is -4.69. The van der Waals surface area contributed by atoms with Gasteiger partial charge in [-0.1, -0.05) is 49.4 Å². The summed E-state index contributed by atoms with van der Waals surface area (Å²) in [6.45, 7) is 2.39. The fraction of sp³-hybridized carbons (Fsp3) is 0.391. The SMILES string of the molecule is CC[C@]1(c2ccc(C(F)(F)F)cc2)[C@H]([N+](=O)[O-])[C@@](O)(c2ccccc2)C[C@@]1(C(C)=O)C(=O)O. The van der Waals surface area contributed by atoms with E-state index < -0.39 is 57.3 Å². The topological polar surface area (TPSA) is 118 Å². The lowest BCUT2D eigenvalue weighted by Gasteiger charge is -2.41. The molecule has 0 saturated heterocycles. The lowest BCUT2D eigenvalue weighted by atomic mass is 9.57. The van der Waals surface area contributed by atoms with E-state index in [0.717, 1.165) is 19.1 Å². The molecule has 0 aliphatic heterocycles. The van der Waals surface area contributed by atoms with Gasteiger partial charge in [0.1, 0.15) is 11.2 Å². The van der Waals surface area contributed by atoms with Gasteiger partial charge in [0.05, 0.1) is 11.0 Å². The molecule has 0 amide bonds. The first-order valence-corrected chi connectivity index (χ1v) is 10.1. The van der Waals surface area contributed by atoms with Crippen LogP contribution in [0, 0.1) is 15.5 Å². The number of alkyl halides is 3. The predicted octanol–water partition coefficient (Wildman–Crippen LogP) is 3.95. The van der Waals surface area contributed by atoms with Gasteiger partial charge in [-0.05, 0) is 36.6 Å². The number of carbonyl (C=O) groups is 2. The summed E-state index contributed by atoms with van der Waals surface area (Å²) in [5.41, 5.74) is -8.11. The zero-order valence-electron chi connectivity index (χ0n) is 17.8. The molecule has 0 heterocycles. The van der Waals surface area contributed by atoms with E-state index in [4.69, 9.17) is 0 Å². The van der Waals surface area contributed by atoms with Gasteiger partial charge in [-0.2, -0.15) is 13.2 Å². The molecular formula is C23H22F3NO6. The van der Waals surface area contributed by atoms with Crippen LogP contribution in [0.1, 0.15) is 43.4 Å². The third-order valence-electron chi connectivity index (χ3n) is 6.95. The number of Topliss-reactive ketones (excluding diaryl/α,β-unsaturated/α-hetero) is 1. The second-order valence-corrected chi connectivity index (χ2v) is 8.32. The minimum Gasteiger partial charge on any atom is -0.480 e. The van der Waals surface area contributed by atoms with Gasteiger partial charge >= 0.3 is 12.1 Å². The maximum Gasteiger partial charge on any atom is 0.416 e. The number of aliphatic hydroxyl groups is 1. The van der Waals surface area contributed by atoms with Crippen molar-refractivity contribution in [2.24, 2.45) is 5.41 Å². The Labute approximate surface area is 187 Å². The van der Waals surface area contributed by atoms with Crippen LogP contribution in [0.3, 0.4) is 0 Å². The molecule has 7 nitrogen and oxygen atoms in total. The summed E-state index contributed by atoms with van der Waals surface area (Å²) in [6, 6.07) is 8.65. The van der Waals surface area contributed by atoms with Crippen molar-refractivity contribution < 1.29 is 37.9 Å². The summed E-state index contributed by atoms with van der Waals surface area (Å²) in [7, 11) is 0. The summed E-state index contributed by atoms with van der Waals surface area (Å²) < 4.78 is 39.4. The summed E-state index contributed by atoms with van der Waals surface area (Å²) in [5.74, 6) is -2.62. The van der Waals surface area contributed by atoms with Gasteiger partial charge < -0.3 is 10.2 Å². The average Bonchev–Trinajstić information content (AvgIpc) is 3.02. The fourth-order valence-electron chi connectivity index (χ4n) is 5.56. The molecule has 0 spiro atoms. The molecule has 10 heteroatoms. The van der Waals surface area contributed by atoms with Crippen LogP contribution >= 0.6 is 0 Å². The number of nitro groups is 1. The summed E-state index contributed by atoms with van der Waals surface area (Å²) in [4.78, 5) is 37.3. The van der Waals surface area contributed by atoms with Crippen LogP contribution in [0.15, 0.2) is 54.6 Å². The third-order valence-corrected chi connectivity index (χ3v) is 6.95. The van der Waals surface area contributed by atoms with Crippen molar-refractivity contribution in [3.63, 3.8) is 0 Å². The first-order chi connectivity index (χ1) is 15.3. The molecule has 1 fully saturated rings. The number of rotatable bonds is 6. The summed E-state index contributed by atoms with van der Waals surface area (Å²) in [5, 5.41) is 34.4. The molecule has 1 saturated carbocycles. The first kappa shape index (κ1) is 24.4. The van der Waals surface area contributed by atoms with Crippen molar-refractivity contribution in [1.29, 1.82) is 0 Å². The highest BCUT2D eigenvalue weighted by atomic mass is 19.4. The van der Waals surface area contributed by atoms with Crippen LogP contribution in [-0.2, 0) is 26.8 Å². The first-order valence-electron chi connectivity index (χ1n) is 10.1. The lowest BCUT2D eigenvalue weighted by molar-refractivity contribution is -0.555. The number of carbonyl (C=O) groups excluding carboxylic acids is 1. The van der Waals surface area contributed by atoms with Crippen molar-refractivity contribution in [3.05, 3.63) is 81.4 Å². The van der Waals surface area contributed by atoms with Gasteiger partial charge in [0.15, 0.2) is 5.60 Å². The van der Waals surface area contributed by atoms with Gasteiger partial charge in [0, 0.05) is 11.3 Å². The monoisotopic (exact) mass is 465 g/mol. The van der Waals surface area contributed by atoms with Crippen LogP contribution in [0.4, 0.5) is 13.2 Å². The maximum atomic E-state index is 13.1. The molecular weight excluding hydrogens is 443 g/mol. The van der Waals surface area contributed by atoms with Gasteiger partial charge in [0.2, 0.25) is 0 Å². The van der Waals surface area contributed by atoms with Gasteiger partial charge in [-0.25, -0.2) is 0 Å². The normalized spacial score (nSPS) is 29.6. The molecule has 0 bridgehead atoms. The quantitative estimate of drug-likeness (QED) is 0.379. The molecule has 2 N–H and O–H groups in total. The number of halogens is 3. The van der Waals surface area contributed by atoms with E-state index in [1.807, 2.05) is 0 Å². The molecule has 0 unspecified atom stereocenters. The summed E-state index contributed by atoms with van der Waals surface area (Å²) >= 11 is 0. The highest BCUT2D eigenvalue weighted by molar-refractivity contribution is 6.05. The number of nitrogens with zero attached hydrogens (tertiary/aromatic N) is 1. The smallest absolute Gasteiger partial charge is 0.416 e. The van der Waals surface area contributed by atoms with E-state index >= 15 is 0 Å². The van der Waals surface area contributed by atoms with E-state index in [1.54, 1.807) is 6.07 Å². The van der Waals surface area contributed by atoms with E-state index in [-0.39, 0.29) is 17.5 Å². The van der Waals surface area contributed by atoms with Crippen molar-refractivity contribution >= 4 is 11.8 Å². The zero-order valence-corrected chi connectivity index (χ0v) is 17.8. The summed E-state index contributed by atoms with van der Waals surface area (Å²) in [6.07, 6.45) is -5.80. The molecule has 2 aromatic carbocycles. The molecule has 176 valence electrons. The largest absolute Gasteiger partial charge is 0.480 e. The molecule has 1 aliphatic carbocycles. The minimum absolute atomic E-state index is 0.0424. The predicted molar refractivity (Wildman–Crippen MR) is 110 cm³/mol. The highest BCUT2D eigenvalue weighted by Gasteiger charge is 2.80. The van der Waals surface area contributed by atoms with E-state index in [2.05, 4.69) is 0 Å². The molecule has 0 radical (unpaired) electrons. The van der Waals surface area contributed by atoms with Gasteiger partial charge in [-0.3, -0.25) is 19.7 Å². The Morgan fingerprint density at radius 2 is 1.64 bits per heavy atom. The Kier molecular flexibility index (Phi) is 5.87. The molecule has 1 aliphatic rings. The Balaban J connectivity index is 2.44. The van der Waals surface area contributed by atoms with Crippen LogP contribution in [0.25, 0.3) is 0 Å². The highest BCUT2D eigenvalue weighted by Crippen LogP contribution is 2.64. The van der Waals surface area contributed by atoms with Crippen LogP contribution in [-0.4, -0.2) is 32.9 Å². The van der Waals surface area contributed by atoms with Crippen LogP contribution in [0.5, 0.6) is 0 Å². The Morgan fingerprint density at radius 1 is 1.09 bits per heavy atom. The van der Waals surface area contributed by atoms with Crippen LogP contribution in [0.2, 0.25) is 0 Å². The number of hydrogen-bond donors (Lipinski definition) is 2. The van der Waals surface area contributed by atoms with Gasteiger partial charge in [-0.15, -0.1) is 0 Å². The number of aliphatic carboxylic acids is 1. The number of benzene rings is 2. The second-order valence-electron chi connectivity index (χ2n) is 8.32. The number of carboxylic acid groups (broad SMARTS) is 1. The lowest BCUT2D eigenvalue weighted by Crippen LogP contribution is -2.58. The van der Waals surface area contributed by atoms with E-state index in [1.165, 1.54) is 31.2 Å². The molecule has 2 aromatic rings. The zero-order chi connectivity index (χ0) is 24.8. The van der Waals surface area contributed by atoms with Gasteiger partial charge in [0.25, 0.3) is 6.04 Å². The van der Waals surface area contributed by atoms with E-state index in [0.29, 0.717) is 12.1 Å². The maximum absolute atomic E-state index is 13.1.